The number of nitrogens with zero attached hydrogens (tertiary/aromatic N) is 4. The normalized spacial score (nSPS) is 18.4. The molecule has 2 fully saturated rings. The average molecular weight is 394 g/mol. The number of anilines is 3. The molecule has 2 aromatic rings. The summed E-state index contributed by atoms with van der Waals surface area (Å²) in [6.45, 7) is 6.26. The van der Waals surface area contributed by atoms with Crippen molar-refractivity contribution in [2.75, 3.05) is 36.4 Å². The summed E-state index contributed by atoms with van der Waals surface area (Å²) in [6, 6.07) is 8.42. The second-order valence-corrected chi connectivity index (χ2v) is 8.34. The Bertz CT molecular complexity index is 789. The number of piperidine rings is 1. The van der Waals surface area contributed by atoms with Crippen molar-refractivity contribution < 1.29 is 4.79 Å². The van der Waals surface area contributed by atoms with Crippen LogP contribution in [0.15, 0.2) is 36.7 Å². The standard InChI is InChI=1S/C23H31N5O/c1-18-10-14-27(15-11-18)21-8-6-20(7-9-21)26-23-24-16-19(17-25-23)22(29)28-12-4-2-3-5-13-28/h6-9,16-18H,2-5,10-15H2,1H3,(H,24,25,26). The van der Waals surface area contributed by atoms with Crippen LogP contribution in [0, 0.1) is 5.92 Å². The molecule has 4 rings (SSSR count). The zero-order valence-corrected chi connectivity index (χ0v) is 17.3. The molecule has 1 aromatic carbocycles. The first kappa shape index (κ1) is 19.7. The summed E-state index contributed by atoms with van der Waals surface area (Å²) in [5, 5.41) is 3.23. The van der Waals surface area contributed by atoms with E-state index in [0.29, 0.717) is 11.5 Å². The molecule has 0 saturated carbocycles. The van der Waals surface area contributed by atoms with Crippen LogP contribution in [0.3, 0.4) is 0 Å². The molecular formula is C23H31N5O. The largest absolute Gasteiger partial charge is 0.372 e. The van der Waals surface area contributed by atoms with E-state index in [1.165, 1.54) is 31.4 Å². The Morgan fingerprint density at radius 1 is 0.931 bits per heavy atom. The van der Waals surface area contributed by atoms with Gasteiger partial charge in [0, 0.05) is 49.9 Å². The monoisotopic (exact) mass is 393 g/mol. The predicted octanol–water partition coefficient (Wildman–Crippen LogP) is 4.47. The summed E-state index contributed by atoms with van der Waals surface area (Å²) in [5.74, 6) is 1.38. The van der Waals surface area contributed by atoms with Gasteiger partial charge in [0.15, 0.2) is 0 Å². The zero-order chi connectivity index (χ0) is 20.1. The fraction of sp³-hybridized carbons (Fsp3) is 0.522. The summed E-state index contributed by atoms with van der Waals surface area (Å²) in [7, 11) is 0. The van der Waals surface area contributed by atoms with Crippen molar-refractivity contribution in [3.05, 3.63) is 42.2 Å². The highest BCUT2D eigenvalue weighted by molar-refractivity contribution is 5.93. The molecule has 1 amide bonds. The fourth-order valence-electron chi connectivity index (χ4n) is 4.11. The van der Waals surface area contributed by atoms with Crippen molar-refractivity contribution in [2.24, 2.45) is 5.92 Å². The van der Waals surface area contributed by atoms with Crippen LogP contribution < -0.4 is 10.2 Å². The maximum Gasteiger partial charge on any atom is 0.256 e. The molecule has 0 aliphatic carbocycles. The molecule has 1 aromatic heterocycles. The Kier molecular flexibility index (Phi) is 6.27. The summed E-state index contributed by atoms with van der Waals surface area (Å²) < 4.78 is 0. The second-order valence-electron chi connectivity index (χ2n) is 8.34. The van der Waals surface area contributed by atoms with Gasteiger partial charge >= 0.3 is 0 Å². The molecule has 0 spiro atoms. The summed E-state index contributed by atoms with van der Waals surface area (Å²) in [6.07, 6.45) is 10.4. The van der Waals surface area contributed by atoms with E-state index in [9.17, 15) is 4.79 Å². The topological polar surface area (TPSA) is 61.4 Å². The smallest absolute Gasteiger partial charge is 0.256 e. The van der Waals surface area contributed by atoms with Gasteiger partial charge in [-0.05, 0) is 55.9 Å². The van der Waals surface area contributed by atoms with E-state index in [4.69, 9.17) is 0 Å². The molecular weight excluding hydrogens is 362 g/mol. The number of likely N-dealkylation sites (tertiary alicyclic amines) is 1. The molecule has 29 heavy (non-hydrogen) atoms. The zero-order valence-electron chi connectivity index (χ0n) is 17.3. The Labute approximate surface area is 173 Å². The van der Waals surface area contributed by atoms with Crippen molar-refractivity contribution >= 4 is 23.2 Å². The lowest BCUT2D eigenvalue weighted by Crippen LogP contribution is -2.32. The van der Waals surface area contributed by atoms with Gasteiger partial charge in [-0.15, -0.1) is 0 Å². The SMILES string of the molecule is CC1CCN(c2ccc(Nc3ncc(C(=O)N4CCCCCC4)cn3)cc2)CC1. The number of hydrogen-bond donors (Lipinski definition) is 1. The van der Waals surface area contributed by atoms with E-state index in [1.807, 2.05) is 4.90 Å². The molecule has 154 valence electrons. The lowest BCUT2D eigenvalue weighted by atomic mass is 9.99. The Morgan fingerprint density at radius 3 is 2.17 bits per heavy atom. The van der Waals surface area contributed by atoms with Gasteiger partial charge in [-0.3, -0.25) is 4.79 Å². The van der Waals surface area contributed by atoms with Crippen molar-refractivity contribution in [3.63, 3.8) is 0 Å². The fourth-order valence-corrected chi connectivity index (χ4v) is 4.11. The van der Waals surface area contributed by atoms with Crippen molar-refractivity contribution in [1.29, 1.82) is 0 Å². The summed E-state index contributed by atoms with van der Waals surface area (Å²) in [4.78, 5) is 25.7. The lowest BCUT2D eigenvalue weighted by molar-refractivity contribution is 0.0761. The highest BCUT2D eigenvalue weighted by Crippen LogP contribution is 2.25. The third-order valence-corrected chi connectivity index (χ3v) is 6.06. The predicted molar refractivity (Wildman–Crippen MR) is 117 cm³/mol. The molecule has 2 aliphatic heterocycles. The highest BCUT2D eigenvalue weighted by atomic mass is 16.2. The average Bonchev–Trinajstić information content (AvgIpc) is 3.05. The first-order valence-electron chi connectivity index (χ1n) is 10.9. The van der Waals surface area contributed by atoms with Crippen molar-refractivity contribution in [2.45, 2.75) is 45.4 Å². The molecule has 0 radical (unpaired) electrons. The highest BCUT2D eigenvalue weighted by Gasteiger charge is 2.18. The molecule has 3 heterocycles. The van der Waals surface area contributed by atoms with Gasteiger partial charge < -0.3 is 15.1 Å². The van der Waals surface area contributed by atoms with Crippen LogP contribution in [-0.4, -0.2) is 47.0 Å². The van der Waals surface area contributed by atoms with E-state index in [0.717, 1.165) is 50.6 Å². The first-order chi connectivity index (χ1) is 14.2. The number of amides is 1. The minimum absolute atomic E-state index is 0.0404. The number of aromatic nitrogens is 2. The minimum atomic E-state index is 0.0404. The van der Waals surface area contributed by atoms with Crippen LogP contribution >= 0.6 is 0 Å². The van der Waals surface area contributed by atoms with Gasteiger partial charge in [0.05, 0.1) is 5.56 Å². The van der Waals surface area contributed by atoms with Gasteiger partial charge in [0.25, 0.3) is 5.91 Å². The Hall–Kier alpha value is -2.63. The quantitative estimate of drug-likeness (QED) is 0.830. The Balaban J connectivity index is 1.35. The molecule has 0 atom stereocenters. The lowest BCUT2D eigenvalue weighted by Gasteiger charge is -2.32. The number of nitrogens with one attached hydrogen (secondary N) is 1. The maximum atomic E-state index is 12.7. The van der Waals surface area contributed by atoms with Gasteiger partial charge in [0.2, 0.25) is 5.95 Å². The number of benzene rings is 1. The van der Waals surface area contributed by atoms with E-state index < -0.39 is 0 Å². The second kappa shape index (κ2) is 9.25. The molecule has 0 bridgehead atoms. The number of rotatable bonds is 4. The van der Waals surface area contributed by atoms with E-state index in [1.54, 1.807) is 12.4 Å². The molecule has 2 saturated heterocycles. The minimum Gasteiger partial charge on any atom is -0.372 e. The van der Waals surface area contributed by atoms with Gasteiger partial charge in [0.1, 0.15) is 0 Å². The third-order valence-electron chi connectivity index (χ3n) is 6.06. The molecule has 6 nitrogen and oxygen atoms in total. The van der Waals surface area contributed by atoms with Crippen LogP contribution in [0.4, 0.5) is 17.3 Å². The number of carbonyl (C=O) groups is 1. The maximum absolute atomic E-state index is 12.7. The van der Waals surface area contributed by atoms with Crippen LogP contribution in [0.25, 0.3) is 0 Å². The van der Waals surface area contributed by atoms with Gasteiger partial charge in [-0.2, -0.15) is 0 Å². The van der Waals surface area contributed by atoms with Crippen LogP contribution in [-0.2, 0) is 0 Å². The van der Waals surface area contributed by atoms with E-state index in [-0.39, 0.29) is 5.91 Å². The number of carbonyl (C=O) groups excluding carboxylic acids is 1. The molecule has 2 aliphatic rings. The number of hydrogen-bond acceptors (Lipinski definition) is 5. The van der Waals surface area contributed by atoms with Crippen LogP contribution in [0.2, 0.25) is 0 Å². The van der Waals surface area contributed by atoms with Crippen LogP contribution in [0.1, 0.15) is 55.8 Å². The van der Waals surface area contributed by atoms with Crippen LogP contribution in [0.5, 0.6) is 0 Å². The van der Waals surface area contributed by atoms with E-state index in [2.05, 4.69) is 51.4 Å². The van der Waals surface area contributed by atoms with Gasteiger partial charge in [-0.25, -0.2) is 9.97 Å². The van der Waals surface area contributed by atoms with E-state index >= 15 is 0 Å². The first-order valence-corrected chi connectivity index (χ1v) is 10.9. The summed E-state index contributed by atoms with van der Waals surface area (Å²) >= 11 is 0. The van der Waals surface area contributed by atoms with Crippen molar-refractivity contribution in [1.82, 2.24) is 14.9 Å². The molecule has 6 heteroatoms. The van der Waals surface area contributed by atoms with Gasteiger partial charge in [-0.1, -0.05) is 19.8 Å². The molecule has 1 N–H and O–H groups in total. The van der Waals surface area contributed by atoms with Crippen molar-refractivity contribution in [3.8, 4) is 0 Å². The Morgan fingerprint density at radius 2 is 1.55 bits per heavy atom. The summed E-state index contributed by atoms with van der Waals surface area (Å²) in [5.41, 5.74) is 2.78. The third kappa shape index (κ3) is 5.05. The molecule has 0 unspecified atom stereocenters.